The van der Waals surface area contributed by atoms with E-state index in [-0.39, 0.29) is 12.0 Å². The summed E-state index contributed by atoms with van der Waals surface area (Å²) in [6.07, 6.45) is 2.53. The number of aliphatic hydroxyl groups excluding tert-OH is 1. The van der Waals surface area contributed by atoms with E-state index in [0.29, 0.717) is 0 Å². The fourth-order valence-electron chi connectivity index (χ4n) is 1.79. The average Bonchev–Trinajstić information content (AvgIpc) is 2.80. The number of rotatable bonds is 4. The number of hydrogen-bond acceptors (Lipinski definition) is 2. The van der Waals surface area contributed by atoms with Crippen LogP contribution in [0.4, 0.5) is 8.78 Å². The molecule has 3 nitrogen and oxygen atoms in total. The van der Waals surface area contributed by atoms with E-state index >= 15 is 0 Å². The SMILES string of the molecule is CCn1cc(CC(O)c2cc(F)ccc2F)cn1. The van der Waals surface area contributed by atoms with Crippen LogP contribution in [0, 0.1) is 11.6 Å². The third-order valence-corrected chi connectivity index (χ3v) is 2.76. The van der Waals surface area contributed by atoms with Gasteiger partial charge in [-0.25, -0.2) is 8.78 Å². The van der Waals surface area contributed by atoms with E-state index in [1.165, 1.54) is 0 Å². The van der Waals surface area contributed by atoms with E-state index < -0.39 is 17.7 Å². The van der Waals surface area contributed by atoms with Crippen molar-refractivity contribution in [3.05, 3.63) is 53.4 Å². The number of halogens is 2. The third-order valence-electron chi connectivity index (χ3n) is 2.76. The van der Waals surface area contributed by atoms with Crippen LogP contribution in [-0.2, 0) is 13.0 Å². The van der Waals surface area contributed by atoms with E-state index in [4.69, 9.17) is 0 Å². The lowest BCUT2D eigenvalue weighted by Gasteiger charge is -2.10. The van der Waals surface area contributed by atoms with Crippen molar-refractivity contribution in [3.8, 4) is 0 Å². The Morgan fingerprint density at radius 3 is 2.83 bits per heavy atom. The van der Waals surface area contributed by atoms with Crippen LogP contribution in [0.1, 0.15) is 24.2 Å². The second-order valence-electron chi connectivity index (χ2n) is 4.09. The lowest BCUT2D eigenvalue weighted by molar-refractivity contribution is 0.173. The molecule has 1 aromatic carbocycles. The molecule has 0 saturated carbocycles. The zero-order valence-corrected chi connectivity index (χ0v) is 9.98. The van der Waals surface area contributed by atoms with Gasteiger partial charge in [0.05, 0.1) is 12.3 Å². The molecule has 5 heteroatoms. The predicted molar refractivity (Wildman–Crippen MR) is 62.9 cm³/mol. The maximum Gasteiger partial charge on any atom is 0.129 e. The van der Waals surface area contributed by atoms with E-state index in [1.807, 2.05) is 6.92 Å². The van der Waals surface area contributed by atoms with Crippen molar-refractivity contribution in [2.45, 2.75) is 26.0 Å². The number of aromatic nitrogens is 2. The third kappa shape index (κ3) is 2.73. The molecule has 1 atom stereocenters. The molecule has 0 aliphatic heterocycles. The Kier molecular flexibility index (Phi) is 3.72. The summed E-state index contributed by atoms with van der Waals surface area (Å²) in [5.74, 6) is -1.17. The van der Waals surface area contributed by atoms with E-state index in [2.05, 4.69) is 5.10 Å². The van der Waals surface area contributed by atoms with Crippen LogP contribution in [-0.4, -0.2) is 14.9 Å². The number of hydrogen-bond donors (Lipinski definition) is 1. The zero-order valence-electron chi connectivity index (χ0n) is 9.98. The van der Waals surface area contributed by atoms with Gasteiger partial charge < -0.3 is 5.11 Å². The Morgan fingerprint density at radius 2 is 2.17 bits per heavy atom. The van der Waals surface area contributed by atoms with Gasteiger partial charge in [-0.05, 0) is 30.7 Å². The first-order chi connectivity index (χ1) is 8.60. The van der Waals surface area contributed by atoms with Crippen molar-refractivity contribution in [1.29, 1.82) is 0 Å². The van der Waals surface area contributed by atoms with Gasteiger partial charge in [0.15, 0.2) is 0 Å². The molecule has 1 aromatic heterocycles. The van der Waals surface area contributed by atoms with Crippen LogP contribution < -0.4 is 0 Å². The van der Waals surface area contributed by atoms with Crippen molar-refractivity contribution in [2.24, 2.45) is 0 Å². The Hall–Kier alpha value is -1.75. The van der Waals surface area contributed by atoms with Gasteiger partial charge in [-0.15, -0.1) is 0 Å². The lowest BCUT2D eigenvalue weighted by Crippen LogP contribution is -2.04. The maximum atomic E-state index is 13.4. The molecule has 18 heavy (non-hydrogen) atoms. The smallest absolute Gasteiger partial charge is 0.129 e. The van der Waals surface area contributed by atoms with Crippen LogP contribution in [0.15, 0.2) is 30.6 Å². The second-order valence-corrected chi connectivity index (χ2v) is 4.09. The summed E-state index contributed by atoms with van der Waals surface area (Å²) in [7, 11) is 0. The molecule has 0 aliphatic carbocycles. The molecule has 0 spiro atoms. The van der Waals surface area contributed by atoms with Gasteiger partial charge in [-0.3, -0.25) is 4.68 Å². The highest BCUT2D eigenvalue weighted by molar-refractivity contribution is 5.23. The Bertz CT molecular complexity index is 540. The zero-order chi connectivity index (χ0) is 13.1. The Labute approximate surface area is 104 Å². The van der Waals surface area contributed by atoms with E-state index in [9.17, 15) is 13.9 Å². The van der Waals surface area contributed by atoms with Gasteiger partial charge in [0.1, 0.15) is 11.6 Å². The van der Waals surface area contributed by atoms with Crippen molar-refractivity contribution < 1.29 is 13.9 Å². The highest BCUT2D eigenvalue weighted by Crippen LogP contribution is 2.21. The van der Waals surface area contributed by atoms with Crippen LogP contribution in [0.3, 0.4) is 0 Å². The summed E-state index contributed by atoms with van der Waals surface area (Å²) in [4.78, 5) is 0. The molecule has 0 bridgehead atoms. The molecule has 1 N–H and O–H groups in total. The first-order valence-corrected chi connectivity index (χ1v) is 5.74. The largest absolute Gasteiger partial charge is 0.388 e. The Balaban J connectivity index is 2.16. The highest BCUT2D eigenvalue weighted by atomic mass is 19.1. The summed E-state index contributed by atoms with van der Waals surface area (Å²) in [6, 6.07) is 3.06. The first-order valence-electron chi connectivity index (χ1n) is 5.74. The minimum Gasteiger partial charge on any atom is -0.388 e. The molecular formula is C13H14F2N2O. The average molecular weight is 252 g/mol. The Morgan fingerprint density at radius 1 is 1.39 bits per heavy atom. The van der Waals surface area contributed by atoms with Gasteiger partial charge in [0, 0.05) is 24.7 Å². The monoisotopic (exact) mass is 252 g/mol. The second kappa shape index (κ2) is 5.27. The molecule has 2 rings (SSSR count). The molecular weight excluding hydrogens is 238 g/mol. The minimum absolute atomic E-state index is 0.0285. The van der Waals surface area contributed by atoms with Crippen LogP contribution in [0.25, 0.3) is 0 Å². The van der Waals surface area contributed by atoms with Crippen molar-refractivity contribution >= 4 is 0 Å². The van der Waals surface area contributed by atoms with Crippen molar-refractivity contribution in [3.63, 3.8) is 0 Å². The summed E-state index contributed by atoms with van der Waals surface area (Å²) in [5, 5.41) is 14.0. The van der Waals surface area contributed by atoms with Crippen molar-refractivity contribution in [1.82, 2.24) is 9.78 Å². The normalized spacial score (nSPS) is 12.7. The van der Waals surface area contributed by atoms with Gasteiger partial charge in [0.2, 0.25) is 0 Å². The maximum absolute atomic E-state index is 13.4. The molecule has 0 aliphatic rings. The fourth-order valence-corrected chi connectivity index (χ4v) is 1.79. The fraction of sp³-hybridized carbons (Fsp3) is 0.308. The molecule has 96 valence electrons. The molecule has 0 fully saturated rings. The standard InChI is InChI=1S/C13H14F2N2O/c1-2-17-8-9(7-16-17)5-13(18)11-6-10(14)3-4-12(11)15/h3-4,6-8,13,18H,2,5H2,1H3. The number of aryl methyl sites for hydroxylation is 1. The number of benzene rings is 1. The number of aliphatic hydroxyl groups is 1. The predicted octanol–water partition coefficient (Wildman–Crippen LogP) is 2.46. The summed E-state index contributed by atoms with van der Waals surface area (Å²) >= 11 is 0. The van der Waals surface area contributed by atoms with Crippen LogP contribution in [0.2, 0.25) is 0 Å². The van der Waals surface area contributed by atoms with Crippen LogP contribution in [0.5, 0.6) is 0 Å². The molecule has 0 saturated heterocycles. The molecule has 2 aromatic rings. The molecule has 1 heterocycles. The topological polar surface area (TPSA) is 38.0 Å². The van der Waals surface area contributed by atoms with Gasteiger partial charge >= 0.3 is 0 Å². The molecule has 1 unspecified atom stereocenters. The van der Waals surface area contributed by atoms with Crippen LogP contribution >= 0.6 is 0 Å². The first kappa shape index (κ1) is 12.7. The van der Waals surface area contributed by atoms with Gasteiger partial charge in [-0.2, -0.15) is 5.10 Å². The quantitative estimate of drug-likeness (QED) is 0.907. The summed E-state index contributed by atoms with van der Waals surface area (Å²) in [6.45, 7) is 2.67. The summed E-state index contributed by atoms with van der Waals surface area (Å²) < 4.78 is 28.2. The van der Waals surface area contributed by atoms with E-state index in [0.717, 1.165) is 30.3 Å². The molecule has 0 amide bonds. The van der Waals surface area contributed by atoms with Gasteiger partial charge in [0.25, 0.3) is 0 Å². The van der Waals surface area contributed by atoms with E-state index in [1.54, 1.807) is 17.1 Å². The minimum atomic E-state index is -1.07. The highest BCUT2D eigenvalue weighted by Gasteiger charge is 2.15. The van der Waals surface area contributed by atoms with Gasteiger partial charge in [-0.1, -0.05) is 0 Å². The summed E-state index contributed by atoms with van der Waals surface area (Å²) in [5.41, 5.74) is 0.757. The lowest BCUT2D eigenvalue weighted by atomic mass is 10.0. The molecule has 0 radical (unpaired) electrons. The van der Waals surface area contributed by atoms with Crippen molar-refractivity contribution in [2.75, 3.05) is 0 Å². The number of nitrogens with zero attached hydrogens (tertiary/aromatic N) is 2.